The SMILES string of the molecule is Cn1ncc2ccc(NC(=O)c3ccccc3NCc3ccnc(C(N)=O)c3)cc21. The second kappa shape index (κ2) is 8.04. The van der Waals surface area contributed by atoms with Crippen molar-refractivity contribution in [2.45, 2.75) is 6.54 Å². The Bertz CT molecular complexity index is 1250. The molecule has 0 aliphatic carbocycles. The Hall–Kier alpha value is -4.20. The molecule has 4 aromatic rings. The third-order valence-corrected chi connectivity index (χ3v) is 4.74. The van der Waals surface area contributed by atoms with Crippen LogP contribution in [0.15, 0.2) is 67.0 Å². The van der Waals surface area contributed by atoms with Crippen LogP contribution in [0.3, 0.4) is 0 Å². The quantitative estimate of drug-likeness (QED) is 0.460. The summed E-state index contributed by atoms with van der Waals surface area (Å²) >= 11 is 0. The molecule has 0 spiro atoms. The van der Waals surface area contributed by atoms with E-state index in [1.807, 2.05) is 43.4 Å². The summed E-state index contributed by atoms with van der Waals surface area (Å²) in [6.45, 7) is 0.411. The zero-order valence-electron chi connectivity index (χ0n) is 16.3. The number of pyridine rings is 1. The van der Waals surface area contributed by atoms with Gasteiger partial charge in [-0.1, -0.05) is 12.1 Å². The number of hydrogen-bond acceptors (Lipinski definition) is 5. The van der Waals surface area contributed by atoms with Gasteiger partial charge in [-0.2, -0.15) is 5.10 Å². The summed E-state index contributed by atoms with van der Waals surface area (Å²) in [5.74, 6) is -0.811. The van der Waals surface area contributed by atoms with Gasteiger partial charge in [0.2, 0.25) is 0 Å². The van der Waals surface area contributed by atoms with Crippen LogP contribution in [0.1, 0.15) is 26.4 Å². The molecule has 8 heteroatoms. The number of nitrogens with zero attached hydrogens (tertiary/aromatic N) is 3. The molecular formula is C22H20N6O2. The molecule has 0 bridgehead atoms. The van der Waals surface area contributed by atoms with E-state index in [1.165, 1.54) is 6.20 Å². The Morgan fingerprint density at radius 2 is 1.93 bits per heavy atom. The summed E-state index contributed by atoms with van der Waals surface area (Å²) < 4.78 is 1.76. The van der Waals surface area contributed by atoms with Gasteiger partial charge in [0, 0.05) is 36.6 Å². The number of amides is 2. The molecule has 0 radical (unpaired) electrons. The number of hydrogen-bond donors (Lipinski definition) is 3. The first-order valence-corrected chi connectivity index (χ1v) is 9.32. The van der Waals surface area contributed by atoms with Crippen LogP contribution < -0.4 is 16.4 Å². The lowest BCUT2D eigenvalue weighted by Gasteiger charge is -2.13. The molecule has 0 atom stereocenters. The Kier molecular flexibility index (Phi) is 5.13. The molecule has 8 nitrogen and oxygen atoms in total. The molecular weight excluding hydrogens is 380 g/mol. The van der Waals surface area contributed by atoms with Crippen LogP contribution in [0.4, 0.5) is 11.4 Å². The molecule has 0 aliphatic heterocycles. The van der Waals surface area contributed by atoms with Gasteiger partial charge in [-0.3, -0.25) is 19.3 Å². The van der Waals surface area contributed by atoms with E-state index in [0.29, 0.717) is 23.5 Å². The third kappa shape index (κ3) is 3.97. The molecule has 2 aromatic heterocycles. The smallest absolute Gasteiger partial charge is 0.267 e. The molecule has 2 heterocycles. The molecule has 4 rings (SSSR count). The maximum absolute atomic E-state index is 12.9. The number of anilines is 2. The highest BCUT2D eigenvalue weighted by molar-refractivity contribution is 6.08. The van der Waals surface area contributed by atoms with Crippen LogP contribution in [0.2, 0.25) is 0 Å². The molecule has 150 valence electrons. The first-order valence-electron chi connectivity index (χ1n) is 9.32. The van der Waals surface area contributed by atoms with Gasteiger partial charge < -0.3 is 16.4 Å². The maximum atomic E-state index is 12.9. The average molecular weight is 400 g/mol. The predicted octanol–water partition coefficient (Wildman–Crippen LogP) is 2.93. The first-order chi connectivity index (χ1) is 14.5. The summed E-state index contributed by atoms with van der Waals surface area (Å²) in [4.78, 5) is 28.2. The zero-order chi connectivity index (χ0) is 21.1. The standard InChI is InChI=1S/C22H20N6O2/c1-28-20-11-16(7-6-15(20)13-26-28)27-22(30)17-4-2-3-5-18(17)25-12-14-8-9-24-19(10-14)21(23)29/h2-11,13,25H,12H2,1H3,(H2,23,29)(H,27,30). The Morgan fingerprint density at radius 1 is 1.10 bits per heavy atom. The molecule has 2 aromatic carbocycles. The van der Waals surface area contributed by atoms with Crippen molar-refractivity contribution in [3.63, 3.8) is 0 Å². The lowest BCUT2D eigenvalue weighted by Crippen LogP contribution is -2.15. The number of para-hydroxylation sites is 1. The minimum Gasteiger partial charge on any atom is -0.380 e. The second-order valence-electron chi connectivity index (χ2n) is 6.81. The predicted molar refractivity (Wildman–Crippen MR) is 115 cm³/mol. The van der Waals surface area contributed by atoms with Crippen LogP contribution in [-0.4, -0.2) is 26.6 Å². The van der Waals surface area contributed by atoms with Gasteiger partial charge in [0.1, 0.15) is 5.69 Å². The molecule has 0 saturated heterocycles. The minimum absolute atomic E-state index is 0.200. The second-order valence-corrected chi connectivity index (χ2v) is 6.81. The van der Waals surface area contributed by atoms with Crippen LogP contribution >= 0.6 is 0 Å². The van der Waals surface area contributed by atoms with E-state index in [9.17, 15) is 9.59 Å². The summed E-state index contributed by atoms with van der Waals surface area (Å²) in [5, 5.41) is 11.4. The number of benzene rings is 2. The number of nitrogens with two attached hydrogens (primary N) is 1. The fourth-order valence-corrected chi connectivity index (χ4v) is 3.17. The number of aryl methyl sites for hydroxylation is 1. The van der Waals surface area contributed by atoms with Gasteiger partial charge >= 0.3 is 0 Å². The number of nitrogens with one attached hydrogen (secondary N) is 2. The summed E-state index contributed by atoms with van der Waals surface area (Å²) in [5.41, 5.74) is 9.11. The highest BCUT2D eigenvalue weighted by atomic mass is 16.2. The van der Waals surface area contributed by atoms with E-state index in [0.717, 1.165) is 16.5 Å². The topological polar surface area (TPSA) is 115 Å². The fraction of sp³-hybridized carbons (Fsp3) is 0.0909. The molecule has 2 amide bonds. The molecule has 30 heavy (non-hydrogen) atoms. The highest BCUT2D eigenvalue weighted by Gasteiger charge is 2.12. The number of aromatic nitrogens is 3. The van der Waals surface area contributed by atoms with Gasteiger partial charge in [0.25, 0.3) is 11.8 Å². The van der Waals surface area contributed by atoms with E-state index in [4.69, 9.17) is 5.73 Å². The van der Waals surface area contributed by atoms with Gasteiger partial charge in [0.15, 0.2) is 0 Å². The number of carbonyl (C=O) groups excluding carboxylic acids is 2. The molecule has 0 aliphatic rings. The van der Waals surface area contributed by atoms with Crippen LogP contribution in [0, 0.1) is 0 Å². The highest BCUT2D eigenvalue weighted by Crippen LogP contribution is 2.21. The first kappa shape index (κ1) is 19.1. The van der Waals surface area contributed by atoms with Crippen molar-refractivity contribution < 1.29 is 9.59 Å². The fourth-order valence-electron chi connectivity index (χ4n) is 3.17. The largest absolute Gasteiger partial charge is 0.380 e. The van der Waals surface area contributed by atoms with Crippen molar-refractivity contribution in [3.8, 4) is 0 Å². The molecule has 0 saturated carbocycles. The maximum Gasteiger partial charge on any atom is 0.267 e. The van der Waals surface area contributed by atoms with Crippen LogP contribution in [-0.2, 0) is 13.6 Å². The van der Waals surface area contributed by atoms with E-state index in [1.54, 1.807) is 29.1 Å². The number of carbonyl (C=O) groups is 2. The van der Waals surface area contributed by atoms with Gasteiger partial charge in [0.05, 0.1) is 17.3 Å². The number of rotatable bonds is 6. The van der Waals surface area contributed by atoms with E-state index >= 15 is 0 Å². The van der Waals surface area contributed by atoms with Crippen molar-refractivity contribution >= 4 is 34.1 Å². The van der Waals surface area contributed by atoms with E-state index in [-0.39, 0.29) is 11.6 Å². The minimum atomic E-state index is -0.581. The van der Waals surface area contributed by atoms with Crippen molar-refractivity contribution in [2.75, 3.05) is 10.6 Å². The lowest BCUT2D eigenvalue weighted by molar-refractivity contribution is 0.0993. The lowest BCUT2D eigenvalue weighted by atomic mass is 10.1. The summed E-state index contributed by atoms with van der Waals surface area (Å²) in [7, 11) is 1.86. The summed E-state index contributed by atoms with van der Waals surface area (Å²) in [6, 6.07) is 16.3. The van der Waals surface area contributed by atoms with E-state index < -0.39 is 5.91 Å². The monoisotopic (exact) mass is 400 g/mol. The molecule has 0 unspecified atom stereocenters. The number of fused-ring (bicyclic) bond motifs is 1. The normalized spacial score (nSPS) is 10.7. The van der Waals surface area contributed by atoms with Crippen molar-refractivity contribution in [1.82, 2.24) is 14.8 Å². The van der Waals surface area contributed by atoms with Crippen LogP contribution in [0.5, 0.6) is 0 Å². The van der Waals surface area contributed by atoms with Crippen molar-refractivity contribution in [3.05, 3.63) is 83.8 Å². The van der Waals surface area contributed by atoms with Crippen molar-refractivity contribution in [2.24, 2.45) is 12.8 Å². The van der Waals surface area contributed by atoms with E-state index in [2.05, 4.69) is 20.7 Å². The van der Waals surface area contributed by atoms with Gasteiger partial charge in [-0.15, -0.1) is 0 Å². The third-order valence-electron chi connectivity index (χ3n) is 4.74. The van der Waals surface area contributed by atoms with Gasteiger partial charge in [-0.05, 0) is 48.0 Å². The Balaban J connectivity index is 1.52. The molecule has 4 N–H and O–H groups in total. The average Bonchev–Trinajstić information content (AvgIpc) is 3.13. The zero-order valence-corrected chi connectivity index (χ0v) is 16.3. The summed E-state index contributed by atoms with van der Waals surface area (Å²) in [6.07, 6.45) is 3.31. The van der Waals surface area contributed by atoms with Crippen LogP contribution in [0.25, 0.3) is 10.9 Å². The Labute approximate surface area is 172 Å². The van der Waals surface area contributed by atoms with Gasteiger partial charge in [-0.25, -0.2) is 0 Å². The molecule has 0 fully saturated rings. The van der Waals surface area contributed by atoms with Crippen molar-refractivity contribution in [1.29, 1.82) is 0 Å². The number of primary amides is 1. The Morgan fingerprint density at radius 3 is 2.77 bits per heavy atom.